The summed E-state index contributed by atoms with van der Waals surface area (Å²) in [7, 11) is -0.708. The lowest BCUT2D eigenvalue weighted by Gasteiger charge is -2.24. The Morgan fingerprint density at radius 3 is 2.69 bits per heavy atom. The van der Waals surface area contributed by atoms with Crippen molar-refractivity contribution in [2.45, 2.75) is 31.1 Å². The maximum Gasteiger partial charge on any atom is 0.0480 e. The summed E-state index contributed by atoms with van der Waals surface area (Å²) in [6, 6.07) is 0.569. The van der Waals surface area contributed by atoms with E-state index in [4.69, 9.17) is 4.74 Å². The molecule has 1 fully saturated rings. The highest BCUT2D eigenvalue weighted by molar-refractivity contribution is 7.84. The van der Waals surface area contributed by atoms with Gasteiger partial charge in [0.15, 0.2) is 0 Å². The average molecular weight is 205 g/mol. The highest BCUT2D eigenvalue weighted by Crippen LogP contribution is 2.06. The van der Waals surface area contributed by atoms with E-state index in [0.29, 0.717) is 6.04 Å². The van der Waals surface area contributed by atoms with Gasteiger partial charge in [0, 0.05) is 48.1 Å². The minimum Gasteiger partial charge on any atom is -0.381 e. The van der Waals surface area contributed by atoms with Gasteiger partial charge in [-0.15, -0.1) is 0 Å². The molecule has 1 saturated heterocycles. The molecule has 2 atom stereocenters. The Hall–Kier alpha value is 0.0700. The van der Waals surface area contributed by atoms with Crippen LogP contribution in [0.2, 0.25) is 0 Å². The van der Waals surface area contributed by atoms with Crippen LogP contribution in [0.15, 0.2) is 0 Å². The molecule has 0 aromatic carbocycles. The van der Waals surface area contributed by atoms with Gasteiger partial charge in [-0.1, -0.05) is 0 Å². The van der Waals surface area contributed by atoms with Crippen LogP contribution in [0.3, 0.4) is 0 Å². The smallest absolute Gasteiger partial charge is 0.0480 e. The van der Waals surface area contributed by atoms with E-state index in [0.717, 1.165) is 32.6 Å². The van der Waals surface area contributed by atoms with Crippen LogP contribution in [0.4, 0.5) is 0 Å². The van der Waals surface area contributed by atoms with E-state index < -0.39 is 10.8 Å². The normalized spacial score (nSPS) is 24.2. The monoisotopic (exact) mass is 205 g/mol. The molecule has 4 heteroatoms. The fourth-order valence-electron chi connectivity index (χ4n) is 1.35. The molecule has 0 amide bonds. The van der Waals surface area contributed by atoms with Crippen LogP contribution in [0.5, 0.6) is 0 Å². The van der Waals surface area contributed by atoms with Gasteiger partial charge in [0.2, 0.25) is 0 Å². The van der Waals surface area contributed by atoms with Crippen molar-refractivity contribution >= 4 is 10.8 Å². The van der Waals surface area contributed by atoms with Crippen LogP contribution in [-0.2, 0) is 15.5 Å². The Morgan fingerprint density at radius 2 is 2.15 bits per heavy atom. The minimum absolute atomic E-state index is 0.253. The highest BCUT2D eigenvalue weighted by Gasteiger charge is 2.14. The standard InChI is InChI=1S/C9H19NO2S/c1-8(13(2)11)7-10-9-3-5-12-6-4-9/h8-10H,3-7H2,1-2H3. The number of nitrogens with one attached hydrogen (secondary N) is 1. The lowest BCUT2D eigenvalue weighted by atomic mass is 10.1. The molecule has 0 aromatic heterocycles. The van der Waals surface area contributed by atoms with Crippen molar-refractivity contribution in [1.29, 1.82) is 0 Å². The first-order chi connectivity index (χ1) is 6.20. The third kappa shape index (κ3) is 4.20. The largest absolute Gasteiger partial charge is 0.381 e. The predicted octanol–water partition coefficient (Wildman–Crippen LogP) is 0.522. The summed E-state index contributed by atoms with van der Waals surface area (Å²) in [5, 5.41) is 3.68. The molecule has 0 aliphatic carbocycles. The van der Waals surface area contributed by atoms with Gasteiger partial charge >= 0.3 is 0 Å². The summed E-state index contributed by atoms with van der Waals surface area (Å²) in [4.78, 5) is 0. The van der Waals surface area contributed by atoms with Gasteiger partial charge in [0.1, 0.15) is 0 Å². The second-order valence-corrected chi connectivity index (χ2v) is 5.41. The number of rotatable bonds is 4. The third-order valence-corrected chi connectivity index (χ3v) is 3.78. The van der Waals surface area contributed by atoms with E-state index in [1.165, 1.54) is 0 Å². The van der Waals surface area contributed by atoms with Crippen molar-refractivity contribution in [2.24, 2.45) is 0 Å². The zero-order valence-corrected chi connectivity index (χ0v) is 9.23. The van der Waals surface area contributed by atoms with E-state index in [1.807, 2.05) is 6.92 Å². The lowest BCUT2D eigenvalue weighted by molar-refractivity contribution is 0.0782. The molecular formula is C9H19NO2S. The summed E-state index contributed by atoms with van der Waals surface area (Å²) in [6.07, 6.45) is 3.93. The predicted molar refractivity (Wildman–Crippen MR) is 55.4 cm³/mol. The number of hydrogen-bond acceptors (Lipinski definition) is 3. The molecule has 0 spiro atoms. The van der Waals surface area contributed by atoms with Gasteiger partial charge in [-0.3, -0.25) is 4.21 Å². The zero-order chi connectivity index (χ0) is 9.68. The maximum atomic E-state index is 11.1. The first-order valence-electron chi connectivity index (χ1n) is 4.83. The number of ether oxygens (including phenoxy) is 1. The molecule has 1 rings (SSSR count). The summed E-state index contributed by atoms with van der Waals surface area (Å²) in [5.41, 5.74) is 0. The van der Waals surface area contributed by atoms with Crippen LogP contribution in [-0.4, -0.2) is 41.5 Å². The fourth-order valence-corrected chi connectivity index (χ4v) is 1.68. The highest BCUT2D eigenvalue weighted by atomic mass is 32.2. The van der Waals surface area contributed by atoms with Crippen LogP contribution in [0.1, 0.15) is 19.8 Å². The third-order valence-electron chi connectivity index (χ3n) is 2.48. The van der Waals surface area contributed by atoms with Crippen molar-refractivity contribution in [1.82, 2.24) is 5.32 Å². The topological polar surface area (TPSA) is 38.3 Å². The molecule has 1 aliphatic rings. The van der Waals surface area contributed by atoms with Gasteiger partial charge in [0.05, 0.1) is 0 Å². The Morgan fingerprint density at radius 1 is 1.54 bits per heavy atom. The van der Waals surface area contributed by atoms with E-state index in [1.54, 1.807) is 6.26 Å². The second-order valence-electron chi connectivity index (χ2n) is 3.60. The van der Waals surface area contributed by atoms with Gasteiger partial charge in [0.25, 0.3) is 0 Å². The van der Waals surface area contributed by atoms with Gasteiger partial charge in [-0.2, -0.15) is 0 Å². The maximum absolute atomic E-state index is 11.1. The molecule has 2 unspecified atom stereocenters. The molecule has 0 radical (unpaired) electrons. The Balaban J connectivity index is 2.13. The van der Waals surface area contributed by atoms with E-state index in [9.17, 15) is 4.21 Å². The Bertz CT molecular complexity index is 169. The van der Waals surface area contributed by atoms with E-state index >= 15 is 0 Å². The first kappa shape index (κ1) is 11.1. The average Bonchev–Trinajstić information content (AvgIpc) is 2.15. The molecule has 1 aliphatic heterocycles. The van der Waals surface area contributed by atoms with Gasteiger partial charge in [-0.05, 0) is 19.8 Å². The second kappa shape index (κ2) is 5.73. The van der Waals surface area contributed by atoms with Crippen molar-refractivity contribution in [3.8, 4) is 0 Å². The van der Waals surface area contributed by atoms with Crippen LogP contribution < -0.4 is 5.32 Å². The zero-order valence-electron chi connectivity index (χ0n) is 8.41. The summed E-state index contributed by atoms with van der Waals surface area (Å²) in [5.74, 6) is 0. The summed E-state index contributed by atoms with van der Waals surface area (Å²) in [6.45, 7) is 4.60. The van der Waals surface area contributed by atoms with E-state index in [-0.39, 0.29) is 5.25 Å². The quantitative estimate of drug-likeness (QED) is 0.727. The SMILES string of the molecule is CC(CNC1CCOCC1)S(C)=O. The molecule has 3 nitrogen and oxygen atoms in total. The van der Waals surface area contributed by atoms with Crippen LogP contribution in [0, 0.1) is 0 Å². The molecule has 78 valence electrons. The van der Waals surface area contributed by atoms with Gasteiger partial charge < -0.3 is 10.1 Å². The Labute approximate surface area is 82.7 Å². The molecular weight excluding hydrogens is 186 g/mol. The Kier molecular flexibility index (Phi) is 4.91. The van der Waals surface area contributed by atoms with Crippen LogP contribution in [0.25, 0.3) is 0 Å². The first-order valence-corrected chi connectivity index (χ1v) is 6.45. The molecule has 0 saturated carbocycles. The molecule has 0 aromatic rings. The summed E-state index contributed by atoms with van der Waals surface area (Å²) < 4.78 is 16.3. The van der Waals surface area contributed by atoms with Crippen LogP contribution >= 0.6 is 0 Å². The number of hydrogen-bond donors (Lipinski definition) is 1. The lowest BCUT2D eigenvalue weighted by Crippen LogP contribution is -2.39. The van der Waals surface area contributed by atoms with Gasteiger partial charge in [-0.25, -0.2) is 0 Å². The summed E-state index contributed by atoms with van der Waals surface area (Å²) >= 11 is 0. The van der Waals surface area contributed by atoms with Crippen molar-refractivity contribution in [2.75, 3.05) is 26.0 Å². The minimum atomic E-state index is -0.708. The molecule has 13 heavy (non-hydrogen) atoms. The van der Waals surface area contributed by atoms with E-state index in [2.05, 4.69) is 5.32 Å². The fraction of sp³-hybridized carbons (Fsp3) is 1.00. The van der Waals surface area contributed by atoms with Crippen molar-refractivity contribution in [3.63, 3.8) is 0 Å². The van der Waals surface area contributed by atoms with Crippen molar-refractivity contribution in [3.05, 3.63) is 0 Å². The van der Waals surface area contributed by atoms with Crippen molar-refractivity contribution < 1.29 is 8.95 Å². The molecule has 1 N–H and O–H groups in total. The molecule has 0 bridgehead atoms. The molecule has 1 heterocycles.